The number of hydrogen-bond acceptors (Lipinski definition) is 3. The van der Waals surface area contributed by atoms with E-state index in [1.807, 2.05) is 0 Å². The molecule has 0 spiro atoms. The second-order valence-electron chi connectivity index (χ2n) is 2.60. The third kappa shape index (κ3) is 1.68. The fourth-order valence-electron chi connectivity index (χ4n) is 1.04. The van der Waals surface area contributed by atoms with E-state index >= 15 is 0 Å². The largest absolute Gasteiger partial charge is 0.508 e. The van der Waals surface area contributed by atoms with Crippen LogP contribution >= 0.6 is 0 Å². The molecule has 1 atom stereocenters. The van der Waals surface area contributed by atoms with Gasteiger partial charge in [0.2, 0.25) is 0 Å². The Hall–Kier alpha value is -1.22. The molecule has 0 aliphatic heterocycles. The number of aromatic hydroxyl groups is 1. The standard InChI is InChI=1S/C9H12O3/c1-6(10)8-4-3-7(11)5-9(8)12-2/h3-6,10-11H,1-2H3. The van der Waals surface area contributed by atoms with Gasteiger partial charge in [-0.25, -0.2) is 0 Å². The fraction of sp³-hybridized carbons (Fsp3) is 0.333. The van der Waals surface area contributed by atoms with Crippen LogP contribution in [0.15, 0.2) is 18.2 Å². The van der Waals surface area contributed by atoms with Crippen LogP contribution in [0, 0.1) is 0 Å². The zero-order valence-electron chi connectivity index (χ0n) is 7.11. The average molecular weight is 168 g/mol. The van der Waals surface area contributed by atoms with Crippen LogP contribution in [0.25, 0.3) is 0 Å². The SMILES string of the molecule is COc1cc(O)ccc1C(C)O. The van der Waals surface area contributed by atoms with Gasteiger partial charge in [0.1, 0.15) is 11.5 Å². The summed E-state index contributed by atoms with van der Waals surface area (Å²) in [6.45, 7) is 1.65. The van der Waals surface area contributed by atoms with Crippen LogP contribution in [-0.4, -0.2) is 17.3 Å². The maximum Gasteiger partial charge on any atom is 0.128 e. The number of phenolic OH excluding ortho intramolecular Hbond substituents is 1. The highest BCUT2D eigenvalue weighted by Crippen LogP contribution is 2.28. The summed E-state index contributed by atoms with van der Waals surface area (Å²) < 4.78 is 4.97. The zero-order chi connectivity index (χ0) is 9.14. The maximum atomic E-state index is 9.26. The summed E-state index contributed by atoms with van der Waals surface area (Å²) in [7, 11) is 1.50. The molecule has 3 heteroatoms. The summed E-state index contributed by atoms with van der Waals surface area (Å²) in [5.74, 6) is 0.640. The Morgan fingerprint density at radius 3 is 2.58 bits per heavy atom. The monoisotopic (exact) mass is 168 g/mol. The van der Waals surface area contributed by atoms with Crippen molar-refractivity contribution in [2.45, 2.75) is 13.0 Å². The topological polar surface area (TPSA) is 49.7 Å². The van der Waals surface area contributed by atoms with Crippen molar-refractivity contribution in [1.29, 1.82) is 0 Å². The van der Waals surface area contributed by atoms with E-state index in [-0.39, 0.29) is 5.75 Å². The summed E-state index contributed by atoms with van der Waals surface area (Å²) >= 11 is 0. The first-order valence-electron chi connectivity index (χ1n) is 3.70. The lowest BCUT2D eigenvalue weighted by Crippen LogP contribution is -1.95. The lowest BCUT2D eigenvalue weighted by Gasteiger charge is -2.10. The van der Waals surface area contributed by atoms with Crippen molar-refractivity contribution < 1.29 is 14.9 Å². The first-order valence-corrected chi connectivity index (χ1v) is 3.70. The molecule has 1 rings (SSSR count). The predicted octanol–water partition coefficient (Wildman–Crippen LogP) is 1.45. The van der Waals surface area contributed by atoms with Crippen LogP contribution in [0.1, 0.15) is 18.6 Å². The molecule has 0 aliphatic rings. The van der Waals surface area contributed by atoms with E-state index in [2.05, 4.69) is 0 Å². The van der Waals surface area contributed by atoms with Gasteiger partial charge in [-0.15, -0.1) is 0 Å². The fourth-order valence-corrected chi connectivity index (χ4v) is 1.04. The molecule has 3 nitrogen and oxygen atoms in total. The highest BCUT2D eigenvalue weighted by Gasteiger charge is 2.08. The summed E-state index contributed by atoms with van der Waals surface area (Å²) in [5, 5.41) is 18.4. The molecule has 0 radical (unpaired) electrons. The van der Waals surface area contributed by atoms with E-state index in [1.54, 1.807) is 13.0 Å². The van der Waals surface area contributed by atoms with Crippen LogP contribution in [0.3, 0.4) is 0 Å². The van der Waals surface area contributed by atoms with Gasteiger partial charge in [-0.3, -0.25) is 0 Å². The molecule has 0 saturated heterocycles. The lowest BCUT2D eigenvalue weighted by molar-refractivity contribution is 0.194. The Labute approximate surface area is 71.2 Å². The van der Waals surface area contributed by atoms with E-state index in [9.17, 15) is 5.11 Å². The van der Waals surface area contributed by atoms with Crippen molar-refractivity contribution in [3.63, 3.8) is 0 Å². The molecule has 66 valence electrons. The highest BCUT2D eigenvalue weighted by molar-refractivity contribution is 5.40. The number of methoxy groups -OCH3 is 1. The molecule has 1 aromatic carbocycles. The van der Waals surface area contributed by atoms with Gasteiger partial charge in [0.15, 0.2) is 0 Å². The molecule has 12 heavy (non-hydrogen) atoms. The molecule has 0 amide bonds. The van der Waals surface area contributed by atoms with E-state index in [1.165, 1.54) is 19.2 Å². The third-order valence-corrected chi connectivity index (χ3v) is 1.67. The van der Waals surface area contributed by atoms with Gasteiger partial charge in [-0.05, 0) is 19.1 Å². The molecule has 0 bridgehead atoms. The number of rotatable bonds is 2. The number of ether oxygens (including phenoxy) is 1. The van der Waals surface area contributed by atoms with Gasteiger partial charge in [-0.1, -0.05) is 0 Å². The molecule has 2 N–H and O–H groups in total. The predicted molar refractivity (Wildman–Crippen MR) is 45.3 cm³/mol. The minimum absolute atomic E-state index is 0.135. The smallest absolute Gasteiger partial charge is 0.128 e. The Morgan fingerprint density at radius 1 is 1.42 bits per heavy atom. The summed E-state index contributed by atoms with van der Waals surface area (Å²) in [5.41, 5.74) is 0.676. The zero-order valence-corrected chi connectivity index (χ0v) is 7.11. The minimum atomic E-state index is -0.583. The Bertz CT molecular complexity index is 268. The molecule has 0 aliphatic carbocycles. The lowest BCUT2D eigenvalue weighted by atomic mass is 10.1. The third-order valence-electron chi connectivity index (χ3n) is 1.67. The molecule has 0 heterocycles. The second kappa shape index (κ2) is 3.45. The normalized spacial score (nSPS) is 12.6. The van der Waals surface area contributed by atoms with Crippen molar-refractivity contribution in [3.8, 4) is 11.5 Å². The number of aliphatic hydroxyl groups is 1. The quantitative estimate of drug-likeness (QED) is 0.702. The van der Waals surface area contributed by atoms with Gasteiger partial charge in [0, 0.05) is 11.6 Å². The van der Waals surface area contributed by atoms with Crippen LogP contribution < -0.4 is 4.74 Å². The Balaban J connectivity index is 3.11. The van der Waals surface area contributed by atoms with Crippen molar-refractivity contribution in [2.75, 3.05) is 7.11 Å². The van der Waals surface area contributed by atoms with Crippen molar-refractivity contribution >= 4 is 0 Å². The molecule has 1 unspecified atom stereocenters. The summed E-state index contributed by atoms with van der Waals surface area (Å²) in [4.78, 5) is 0. The second-order valence-corrected chi connectivity index (χ2v) is 2.60. The number of benzene rings is 1. The molecule has 0 saturated carbocycles. The minimum Gasteiger partial charge on any atom is -0.508 e. The molecular weight excluding hydrogens is 156 g/mol. The van der Waals surface area contributed by atoms with Crippen LogP contribution in [0.4, 0.5) is 0 Å². The van der Waals surface area contributed by atoms with E-state index < -0.39 is 6.10 Å². The number of aliphatic hydroxyl groups excluding tert-OH is 1. The average Bonchev–Trinajstić information content (AvgIpc) is 2.03. The first-order chi connectivity index (χ1) is 5.65. The highest BCUT2D eigenvalue weighted by atomic mass is 16.5. The van der Waals surface area contributed by atoms with E-state index in [0.29, 0.717) is 11.3 Å². The van der Waals surface area contributed by atoms with Crippen LogP contribution in [0.2, 0.25) is 0 Å². The van der Waals surface area contributed by atoms with E-state index in [4.69, 9.17) is 9.84 Å². The van der Waals surface area contributed by atoms with Crippen molar-refractivity contribution in [1.82, 2.24) is 0 Å². The molecule has 0 fully saturated rings. The number of hydrogen-bond donors (Lipinski definition) is 2. The summed E-state index contributed by atoms with van der Waals surface area (Å²) in [6, 6.07) is 4.63. The van der Waals surface area contributed by atoms with Gasteiger partial charge >= 0.3 is 0 Å². The van der Waals surface area contributed by atoms with Gasteiger partial charge in [0.25, 0.3) is 0 Å². The number of phenols is 1. The summed E-state index contributed by atoms with van der Waals surface area (Å²) in [6.07, 6.45) is -0.583. The van der Waals surface area contributed by atoms with Gasteiger partial charge in [-0.2, -0.15) is 0 Å². The van der Waals surface area contributed by atoms with E-state index in [0.717, 1.165) is 0 Å². The molecule has 0 aromatic heterocycles. The Morgan fingerprint density at radius 2 is 2.08 bits per heavy atom. The van der Waals surface area contributed by atoms with Crippen molar-refractivity contribution in [3.05, 3.63) is 23.8 Å². The maximum absolute atomic E-state index is 9.26. The van der Waals surface area contributed by atoms with Gasteiger partial charge in [0.05, 0.1) is 13.2 Å². The molecular formula is C9H12O3. The van der Waals surface area contributed by atoms with Crippen molar-refractivity contribution in [2.24, 2.45) is 0 Å². The van der Waals surface area contributed by atoms with Gasteiger partial charge < -0.3 is 14.9 Å². The van der Waals surface area contributed by atoms with Crippen LogP contribution in [0.5, 0.6) is 11.5 Å². The Kier molecular flexibility index (Phi) is 2.55. The van der Waals surface area contributed by atoms with Crippen LogP contribution in [-0.2, 0) is 0 Å². The molecule has 1 aromatic rings. The first kappa shape index (κ1) is 8.87.